The topological polar surface area (TPSA) is 71.5 Å². The second-order valence-corrected chi connectivity index (χ2v) is 6.45. The maximum Gasteiger partial charge on any atom is 0.216 e. The first kappa shape index (κ1) is 16.7. The molecule has 1 aliphatic rings. The van der Waals surface area contributed by atoms with Gasteiger partial charge in [0.2, 0.25) is 5.91 Å². The number of aryl methyl sites for hydroxylation is 1. The number of ether oxygens (including phenoxy) is 1. The van der Waals surface area contributed by atoms with E-state index in [0.29, 0.717) is 6.54 Å². The van der Waals surface area contributed by atoms with E-state index in [1.54, 1.807) is 0 Å². The molecule has 2 aromatic rings. The van der Waals surface area contributed by atoms with Crippen LogP contribution in [0.2, 0.25) is 0 Å². The molecule has 0 radical (unpaired) electrons. The predicted octanol–water partition coefficient (Wildman–Crippen LogP) is 2.58. The zero-order valence-corrected chi connectivity index (χ0v) is 14.0. The quantitative estimate of drug-likeness (QED) is 0.731. The molecule has 1 fully saturated rings. The molecule has 5 heteroatoms. The highest BCUT2D eigenvalue weighted by Crippen LogP contribution is 2.30. The van der Waals surface area contributed by atoms with Gasteiger partial charge in [0.1, 0.15) is 5.75 Å². The Morgan fingerprint density at radius 3 is 2.92 bits per heavy atom. The molecule has 0 bridgehead atoms. The Hall–Kier alpha value is -2.14. The first-order valence-corrected chi connectivity index (χ1v) is 8.56. The monoisotopic (exact) mass is 328 g/mol. The van der Waals surface area contributed by atoms with Crippen molar-refractivity contribution in [2.75, 3.05) is 13.2 Å². The maximum atomic E-state index is 10.9. The molecule has 1 saturated carbocycles. The Bertz CT molecular complexity index is 726. The van der Waals surface area contributed by atoms with Crippen molar-refractivity contribution in [3.8, 4) is 5.75 Å². The summed E-state index contributed by atoms with van der Waals surface area (Å²) in [6, 6.07) is 7.90. The van der Waals surface area contributed by atoms with Gasteiger partial charge in [-0.15, -0.1) is 0 Å². The van der Waals surface area contributed by atoms with Crippen LogP contribution in [0.4, 0.5) is 0 Å². The molecular formula is C19H24N2O3. The summed E-state index contributed by atoms with van der Waals surface area (Å²) in [5, 5.41) is 13.4. The summed E-state index contributed by atoms with van der Waals surface area (Å²) in [5.41, 5.74) is 2.63. The standard InChI is InChI=1S/C19H24N2O3/c1-13(23)20-8-2-3-18-16(11-22)9-15-10-17(6-7-19(15)21-18)24-12-14-4-5-14/h6-7,9-10,14,22H,2-5,8,11-12H2,1H3,(H,20,23). The molecule has 0 spiro atoms. The number of aliphatic hydroxyl groups is 1. The Balaban J connectivity index is 1.72. The lowest BCUT2D eigenvalue weighted by atomic mass is 10.1. The molecule has 0 aliphatic heterocycles. The number of hydrogen-bond donors (Lipinski definition) is 2. The van der Waals surface area contributed by atoms with Gasteiger partial charge in [-0.3, -0.25) is 9.78 Å². The summed E-state index contributed by atoms with van der Waals surface area (Å²) in [6.07, 6.45) is 4.07. The molecule has 0 atom stereocenters. The van der Waals surface area contributed by atoms with Crippen molar-refractivity contribution in [1.82, 2.24) is 10.3 Å². The minimum atomic E-state index is -0.0361. The zero-order chi connectivity index (χ0) is 16.9. The average molecular weight is 328 g/mol. The van der Waals surface area contributed by atoms with Gasteiger partial charge in [-0.1, -0.05) is 0 Å². The third-order valence-electron chi connectivity index (χ3n) is 4.27. The number of pyridine rings is 1. The molecule has 1 aromatic heterocycles. The van der Waals surface area contributed by atoms with Crippen LogP contribution in [0, 0.1) is 5.92 Å². The third-order valence-corrected chi connectivity index (χ3v) is 4.27. The Morgan fingerprint density at radius 1 is 1.38 bits per heavy atom. The molecule has 0 saturated heterocycles. The van der Waals surface area contributed by atoms with E-state index in [9.17, 15) is 9.90 Å². The van der Waals surface area contributed by atoms with Crippen LogP contribution in [0.15, 0.2) is 24.3 Å². The van der Waals surface area contributed by atoms with E-state index in [1.165, 1.54) is 19.8 Å². The normalized spacial score (nSPS) is 13.9. The lowest BCUT2D eigenvalue weighted by Crippen LogP contribution is -2.21. The van der Waals surface area contributed by atoms with Crippen LogP contribution < -0.4 is 10.1 Å². The van der Waals surface area contributed by atoms with Gasteiger partial charge in [-0.25, -0.2) is 0 Å². The molecule has 1 aliphatic carbocycles. The number of nitrogens with one attached hydrogen (secondary N) is 1. The van der Waals surface area contributed by atoms with Crippen molar-refractivity contribution in [2.45, 2.75) is 39.2 Å². The minimum absolute atomic E-state index is 0.0254. The summed E-state index contributed by atoms with van der Waals surface area (Å²) < 4.78 is 5.81. The number of rotatable bonds is 8. The summed E-state index contributed by atoms with van der Waals surface area (Å²) >= 11 is 0. The number of carbonyl (C=O) groups excluding carboxylic acids is 1. The van der Waals surface area contributed by atoms with Gasteiger partial charge in [-0.05, 0) is 61.4 Å². The molecule has 1 heterocycles. The lowest BCUT2D eigenvalue weighted by molar-refractivity contribution is -0.118. The van der Waals surface area contributed by atoms with Crippen molar-refractivity contribution in [3.63, 3.8) is 0 Å². The maximum absolute atomic E-state index is 10.9. The Kier molecular flexibility index (Phi) is 5.30. The zero-order valence-electron chi connectivity index (χ0n) is 14.0. The van der Waals surface area contributed by atoms with Gasteiger partial charge in [-0.2, -0.15) is 0 Å². The van der Waals surface area contributed by atoms with E-state index in [2.05, 4.69) is 10.3 Å². The highest BCUT2D eigenvalue weighted by atomic mass is 16.5. The van der Waals surface area contributed by atoms with E-state index >= 15 is 0 Å². The van der Waals surface area contributed by atoms with Gasteiger partial charge in [0.05, 0.1) is 18.7 Å². The van der Waals surface area contributed by atoms with Gasteiger partial charge >= 0.3 is 0 Å². The average Bonchev–Trinajstić information content (AvgIpc) is 3.40. The van der Waals surface area contributed by atoms with Crippen molar-refractivity contribution in [2.24, 2.45) is 5.92 Å². The number of hydrogen-bond acceptors (Lipinski definition) is 4. The third kappa shape index (κ3) is 4.45. The predicted molar refractivity (Wildman–Crippen MR) is 92.9 cm³/mol. The molecule has 3 rings (SSSR count). The van der Waals surface area contributed by atoms with Gasteiger partial charge in [0.25, 0.3) is 0 Å². The largest absolute Gasteiger partial charge is 0.493 e. The van der Waals surface area contributed by atoms with Crippen LogP contribution in [0.5, 0.6) is 5.75 Å². The van der Waals surface area contributed by atoms with E-state index < -0.39 is 0 Å². The van der Waals surface area contributed by atoms with Crippen LogP contribution in [-0.2, 0) is 17.8 Å². The van der Waals surface area contributed by atoms with Crippen molar-refractivity contribution in [1.29, 1.82) is 0 Å². The van der Waals surface area contributed by atoms with Gasteiger partial charge in [0, 0.05) is 24.5 Å². The fourth-order valence-corrected chi connectivity index (χ4v) is 2.70. The smallest absolute Gasteiger partial charge is 0.216 e. The first-order valence-electron chi connectivity index (χ1n) is 8.56. The second-order valence-electron chi connectivity index (χ2n) is 6.45. The van der Waals surface area contributed by atoms with Crippen LogP contribution in [-0.4, -0.2) is 29.1 Å². The summed E-state index contributed by atoms with van der Waals surface area (Å²) in [5.74, 6) is 1.55. The van der Waals surface area contributed by atoms with Crippen molar-refractivity contribution >= 4 is 16.8 Å². The molecule has 5 nitrogen and oxygen atoms in total. The van der Waals surface area contributed by atoms with Crippen LogP contribution >= 0.6 is 0 Å². The van der Waals surface area contributed by atoms with E-state index in [1.807, 2.05) is 24.3 Å². The molecular weight excluding hydrogens is 304 g/mol. The lowest BCUT2D eigenvalue weighted by Gasteiger charge is -2.11. The summed E-state index contributed by atoms with van der Waals surface area (Å²) in [6.45, 7) is 2.88. The van der Waals surface area contributed by atoms with E-state index in [4.69, 9.17) is 4.74 Å². The highest BCUT2D eigenvalue weighted by Gasteiger charge is 2.21. The number of aliphatic hydroxyl groups excluding tert-OH is 1. The fraction of sp³-hybridized carbons (Fsp3) is 0.474. The molecule has 1 amide bonds. The molecule has 2 N–H and O–H groups in total. The summed E-state index contributed by atoms with van der Waals surface area (Å²) in [4.78, 5) is 15.6. The van der Waals surface area contributed by atoms with Crippen molar-refractivity contribution < 1.29 is 14.6 Å². The number of aromatic nitrogens is 1. The van der Waals surface area contributed by atoms with Crippen LogP contribution in [0.1, 0.15) is 37.4 Å². The number of nitrogens with zero attached hydrogens (tertiary/aromatic N) is 1. The number of benzene rings is 1. The van der Waals surface area contributed by atoms with Gasteiger partial charge in [0.15, 0.2) is 0 Å². The van der Waals surface area contributed by atoms with Crippen LogP contribution in [0.3, 0.4) is 0 Å². The fourth-order valence-electron chi connectivity index (χ4n) is 2.70. The molecule has 128 valence electrons. The SMILES string of the molecule is CC(=O)NCCCc1nc2ccc(OCC3CC3)cc2cc1CO. The molecule has 24 heavy (non-hydrogen) atoms. The number of fused-ring (bicyclic) bond motifs is 1. The highest BCUT2D eigenvalue weighted by molar-refractivity contribution is 5.81. The second kappa shape index (κ2) is 7.62. The summed E-state index contributed by atoms with van der Waals surface area (Å²) in [7, 11) is 0. The Morgan fingerprint density at radius 2 is 2.21 bits per heavy atom. The molecule has 1 aromatic carbocycles. The first-order chi connectivity index (χ1) is 11.7. The molecule has 0 unspecified atom stereocenters. The number of carbonyl (C=O) groups is 1. The van der Waals surface area contributed by atoms with Gasteiger partial charge < -0.3 is 15.2 Å². The number of amides is 1. The van der Waals surface area contributed by atoms with E-state index in [0.717, 1.165) is 53.3 Å². The Labute approximate surface area is 142 Å². The van der Waals surface area contributed by atoms with E-state index in [-0.39, 0.29) is 12.5 Å². The van der Waals surface area contributed by atoms with Crippen molar-refractivity contribution in [3.05, 3.63) is 35.5 Å². The van der Waals surface area contributed by atoms with Crippen LogP contribution in [0.25, 0.3) is 10.9 Å². The minimum Gasteiger partial charge on any atom is -0.493 e.